The summed E-state index contributed by atoms with van der Waals surface area (Å²) in [5.41, 5.74) is 1.59. The molecule has 0 saturated carbocycles. The summed E-state index contributed by atoms with van der Waals surface area (Å²) in [6.45, 7) is 2.67. The molecule has 7 nitrogen and oxygen atoms in total. The third-order valence-corrected chi connectivity index (χ3v) is 3.80. The molecule has 2 aromatic carbocycles. The first kappa shape index (κ1) is 20.4. The lowest BCUT2D eigenvalue weighted by Crippen LogP contribution is -2.28. The molecule has 27 heavy (non-hydrogen) atoms. The van der Waals surface area contributed by atoms with E-state index in [0.29, 0.717) is 22.0 Å². The molecule has 0 saturated heterocycles. The first-order valence-corrected chi connectivity index (χ1v) is 8.54. The molecule has 0 aliphatic rings. The highest BCUT2D eigenvalue weighted by Gasteiger charge is 2.13. The normalized spacial score (nSPS) is 11.4. The molecule has 3 amide bonds. The van der Waals surface area contributed by atoms with Crippen LogP contribution in [0.2, 0.25) is 5.02 Å². The maximum atomic E-state index is 12.4. The Bertz CT molecular complexity index is 818. The Morgan fingerprint density at radius 3 is 1.96 bits per heavy atom. The molecular weight excluding hydrogens is 370 g/mol. The van der Waals surface area contributed by atoms with Gasteiger partial charge in [0.1, 0.15) is 0 Å². The van der Waals surface area contributed by atoms with Crippen molar-refractivity contribution in [3.63, 3.8) is 0 Å². The van der Waals surface area contributed by atoms with E-state index in [2.05, 4.69) is 16.0 Å². The third-order valence-electron chi connectivity index (χ3n) is 3.55. The van der Waals surface area contributed by atoms with Crippen LogP contribution in [0.25, 0.3) is 0 Å². The number of hydrogen-bond donors (Lipinski definition) is 4. The Morgan fingerprint density at radius 2 is 1.48 bits per heavy atom. The summed E-state index contributed by atoms with van der Waals surface area (Å²) in [5.74, 6) is -1.07. The highest BCUT2D eigenvalue weighted by molar-refractivity contribution is 6.30. The maximum Gasteiger partial charge on any atom is 0.251 e. The second kappa shape index (κ2) is 9.16. The largest absolute Gasteiger partial charge is 0.387 e. The number of carbonyl (C=O) groups is 3. The molecule has 0 aliphatic carbocycles. The van der Waals surface area contributed by atoms with E-state index in [1.807, 2.05) is 0 Å². The zero-order chi connectivity index (χ0) is 20.0. The van der Waals surface area contributed by atoms with Gasteiger partial charge >= 0.3 is 0 Å². The molecule has 0 spiro atoms. The SMILES string of the molecule is CC(=O)Nc1cc(NC(C)=O)cc(C(=O)NC[C@H](O)c2ccc(Cl)cc2)c1. The van der Waals surface area contributed by atoms with E-state index >= 15 is 0 Å². The number of anilines is 2. The van der Waals surface area contributed by atoms with E-state index in [9.17, 15) is 19.5 Å². The number of aliphatic hydroxyl groups is 1. The molecule has 8 heteroatoms. The summed E-state index contributed by atoms with van der Waals surface area (Å²) in [7, 11) is 0. The Balaban J connectivity index is 2.12. The van der Waals surface area contributed by atoms with Crippen molar-refractivity contribution in [2.45, 2.75) is 20.0 Å². The van der Waals surface area contributed by atoms with E-state index in [-0.39, 0.29) is 23.9 Å². The van der Waals surface area contributed by atoms with E-state index in [1.54, 1.807) is 30.3 Å². The van der Waals surface area contributed by atoms with Crippen LogP contribution in [0.1, 0.15) is 35.9 Å². The molecule has 142 valence electrons. The number of hydrogen-bond acceptors (Lipinski definition) is 4. The summed E-state index contributed by atoms with van der Waals surface area (Å²) in [4.78, 5) is 35.0. The average molecular weight is 390 g/mol. The van der Waals surface area contributed by atoms with Crippen LogP contribution >= 0.6 is 11.6 Å². The summed E-state index contributed by atoms with van der Waals surface area (Å²) >= 11 is 5.81. The first-order valence-electron chi connectivity index (χ1n) is 8.16. The minimum absolute atomic E-state index is 0.0136. The fraction of sp³-hybridized carbons (Fsp3) is 0.211. The predicted octanol–water partition coefficient (Wildman–Crippen LogP) is 2.72. The molecule has 0 fully saturated rings. The van der Waals surface area contributed by atoms with Gasteiger partial charge < -0.3 is 21.1 Å². The molecule has 2 aromatic rings. The van der Waals surface area contributed by atoms with Crippen molar-refractivity contribution in [2.75, 3.05) is 17.2 Å². The number of carbonyl (C=O) groups excluding carboxylic acids is 3. The molecule has 4 N–H and O–H groups in total. The third kappa shape index (κ3) is 6.40. The lowest BCUT2D eigenvalue weighted by molar-refractivity contribution is -0.115. The molecule has 2 rings (SSSR count). The first-order chi connectivity index (χ1) is 12.7. The van der Waals surface area contributed by atoms with E-state index in [4.69, 9.17) is 11.6 Å². The summed E-state index contributed by atoms with van der Waals surface area (Å²) < 4.78 is 0. The molecule has 0 heterocycles. The van der Waals surface area contributed by atoms with Gasteiger partial charge in [0, 0.05) is 42.4 Å². The van der Waals surface area contributed by atoms with Crippen LogP contribution in [-0.4, -0.2) is 29.4 Å². The van der Waals surface area contributed by atoms with Gasteiger partial charge in [-0.2, -0.15) is 0 Å². The topological polar surface area (TPSA) is 108 Å². The number of benzene rings is 2. The lowest BCUT2D eigenvalue weighted by atomic mass is 10.1. The van der Waals surface area contributed by atoms with Gasteiger partial charge in [0.05, 0.1) is 6.10 Å². The van der Waals surface area contributed by atoms with Crippen LogP contribution < -0.4 is 16.0 Å². The Hall–Kier alpha value is -2.90. The summed E-state index contributed by atoms with van der Waals surface area (Å²) in [6.07, 6.45) is -0.903. The van der Waals surface area contributed by atoms with E-state index in [0.717, 1.165) is 0 Å². The van der Waals surface area contributed by atoms with E-state index in [1.165, 1.54) is 26.0 Å². The van der Waals surface area contributed by atoms with Gasteiger partial charge in [0.2, 0.25) is 11.8 Å². The molecule has 0 aliphatic heterocycles. The standard InChI is InChI=1S/C19H20ClN3O4/c1-11(24)22-16-7-14(8-17(9-16)23-12(2)25)19(27)21-10-18(26)13-3-5-15(20)6-4-13/h3-9,18,26H,10H2,1-2H3,(H,21,27)(H,22,24)(H,23,25)/t18-/m0/s1. The van der Waals surface area contributed by atoms with Gasteiger partial charge in [0.25, 0.3) is 5.91 Å². The van der Waals surface area contributed by atoms with Crippen LogP contribution in [0.4, 0.5) is 11.4 Å². The van der Waals surface area contributed by atoms with Crippen molar-refractivity contribution in [2.24, 2.45) is 0 Å². The maximum absolute atomic E-state index is 12.4. The van der Waals surface area contributed by atoms with Crippen LogP contribution in [0.3, 0.4) is 0 Å². The zero-order valence-corrected chi connectivity index (χ0v) is 15.6. The smallest absolute Gasteiger partial charge is 0.251 e. The fourth-order valence-corrected chi connectivity index (χ4v) is 2.53. The van der Waals surface area contributed by atoms with Gasteiger partial charge in [-0.15, -0.1) is 0 Å². The van der Waals surface area contributed by atoms with Crippen LogP contribution in [0.5, 0.6) is 0 Å². The molecule has 0 bridgehead atoms. The number of amides is 3. The number of aliphatic hydroxyl groups excluding tert-OH is 1. The van der Waals surface area contributed by atoms with Crippen LogP contribution in [-0.2, 0) is 9.59 Å². The highest BCUT2D eigenvalue weighted by Crippen LogP contribution is 2.20. The number of rotatable bonds is 6. The van der Waals surface area contributed by atoms with Crippen molar-refractivity contribution in [3.05, 3.63) is 58.6 Å². The predicted molar refractivity (Wildman–Crippen MR) is 104 cm³/mol. The van der Waals surface area contributed by atoms with Crippen molar-refractivity contribution >= 4 is 40.7 Å². The Morgan fingerprint density at radius 1 is 0.963 bits per heavy atom. The number of nitrogens with one attached hydrogen (secondary N) is 3. The Labute approximate surface area is 161 Å². The lowest BCUT2D eigenvalue weighted by Gasteiger charge is -2.14. The number of halogens is 1. The van der Waals surface area contributed by atoms with Crippen molar-refractivity contribution in [1.29, 1.82) is 0 Å². The average Bonchev–Trinajstić information content (AvgIpc) is 2.58. The molecule has 1 atom stereocenters. The summed E-state index contributed by atoms with van der Waals surface area (Å²) in [6, 6.07) is 11.2. The fourth-order valence-electron chi connectivity index (χ4n) is 2.40. The van der Waals surface area contributed by atoms with Crippen molar-refractivity contribution < 1.29 is 19.5 Å². The van der Waals surface area contributed by atoms with Crippen molar-refractivity contribution in [1.82, 2.24) is 5.32 Å². The molecule has 0 aromatic heterocycles. The second-order valence-corrected chi connectivity index (χ2v) is 6.38. The minimum atomic E-state index is -0.903. The van der Waals surface area contributed by atoms with Gasteiger partial charge in [-0.05, 0) is 35.9 Å². The Kier molecular flexibility index (Phi) is 6.92. The highest BCUT2D eigenvalue weighted by atomic mass is 35.5. The van der Waals surface area contributed by atoms with Gasteiger partial charge in [-0.3, -0.25) is 14.4 Å². The molecule has 0 unspecified atom stereocenters. The monoisotopic (exact) mass is 389 g/mol. The zero-order valence-electron chi connectivity index (χ0n) is 14.9. The molecule has 0 radical (unpaired) electrons. The van der Waals surface area contributed by atoms with Gasteiger partial charge in [-0.1, -0.05) is 23.7 Å². The quantitative estimate of drug-likeness (QED) is 0.609. The van der Waals surface area contributed by atoms with Crippen molar-refractivity contribution in [3.8, 4) is 0 Å². The van der Waals surface area contributed by atoms with Gasteiger partial charge in [0.15, 0.2) is 0 Å². The second-order valence-electron chi connectivity index (χ2n) is 5.94. The van der Waals surface area contributed by atoms with Crippen LogP contribution in [0.15, 0.2) is 42.5 Å². The van der Waals surface area contributed by atoms with Crippen LogP contribution in [0, 0.1) is 0 Å². The minimum Gasteiger partial charge on any atom is -0.387 e. The van der Waals surface area contributed by atoms with Gasteiger partial charge in [-0.25, -0.2) is 0 Å². The molecular formula is C19H20ClN3O4. The van der Waals surface area contributed by atoms with E-state index < -0.39 is 12.0 Å². The summed E-state index contributed by atoms with van der Waals surface area (Å²) in [5, 5.41) is 18.5.